The van der Waals surface area contributed by atoms with E-state index >= 15 is 0 Å². The van der Waals surface area contributed by atoms with Crippen molar-refractivity contribution < 1.29 is 9.47 Å². The van der Waals surface area contributed by atoms with Gasteiger partial charge in [-0.3, -0.25) is 0 Å². The Hall–Kier alpha value is -3.04. The van der Waals surface area contributed by atoms with Gasteiger partial charge in [0.05, 0.1) is 22.3 Å². The molecule has 0 atom stereocenters. The molecule has 0 aliphatic carbocycles. The molecule has 4 rings (SSSR count). The Labute approximate surface area is 199 Å². The average molecular weight is 455 g/mol. The van der Waals surface area contributed by atoms with Crippen LogP contribution in [-0.4, -0.2) is 22.3 Å². The van der Waals surface area contributed by atoms with E-state index in [4.69, 9.17) is 9.47 Å². The number of fused-ring (bicyclic) bond motifs is 1. The molecule has 0 aromatic heterocycles. The SMILES string of the molecule is CC[Si](CC)(CC)c1cc(-c2ccc(OC)cc2)c2cccc(-c3ccc(OC)cc3)c2c1. The van der Waals surface area contributed by atoms with E-state index in [1.807, 2.05) is 12.1 Å². The number of hydrogen-bond acceptors (Lipinski definition) is 2. The minimum atomic E-state index is -1.58. The third-order valence-corrected chi connectivity index (χ3v) is 13.0. The highest BCUT2D eigenvalue weighted by molar-refractivity contribution is 6.92. The smallest absolute Gasteiger partial charge is 0.118 e. The van der Waals surface area contributed by atoms with E-state index in [-0.39, 0.29) is 0 Å². The number of rotatable bonds is 8. The lowest BCUT2D eigenvalue weighted by atomic mass is 9.93. The topological polar surface area (TPSA) is 18.5 Å². The number of benzene rings is 4. The molecule has 170 valence electrons. The van der Waals surface area contributed by atoms with Gasteiger partial charge in [-0.1, -0.05) is 98.7 Å². The molecule has 2 nitrogen and oxygen atoms in total. The lowest BCUT2D eigenvalue weighted by molar-refractivity contribution is 0.415. The molecule has 0 bridgehead atoms. The Bertz CT molecular complexity index is 1210. The fourth-order valence-electron chi connectivity index (χ4n) is 5.09. The average Bonchev–Trinajstić information content (AvgIpc) is 2.89. The maximum Gasteiger partial charge on any atom is 0.118 e. The largest absolute Gasteiger partial charge is 0.497 e. The van der Waals surface area contributed by atoms with Crippen LogP contribution in [0.3, 0.4) is 0 Å². The summed E-state index contributed by atoms with van der Waals surface area (Å²) in [6.07, 6.45) is 0. The van der Waals surface area contributed by atoms with Crippen molar-refractivity contribution in [1.82, 2.24) is 0 Å². The Balaban J connectivity index is 2.02. The Kier molecular flexibility index (Phi) is 6.90. The lowest BCUT2D eigenvalue weighted by Crippen LogP contribution is -2.45. The highest BCUT2D eigenvalue weighted by atomic mass is 28.3. The second-order valence-corrected chi connectivity index (χ2v) is 14.0. The molecule has 4 aromatic carbocycles. The summed E-state index contributed by atoms with van der Waals surface area (Å²) in [5.74, 6) is 1.77. The maximum atomic E-state index is 5.42. The predicted molar refractivity (Wildman–Crippen MR) is 145 cm³/mol. The summed E-state index contributed by atoms with van der Waals surface area (Å²) in [6.45, 7) is 7.14. The van der Waals surface area contributed by atoms with Crippen LogP contribution in [0.5, 0.6) is 11.5 Å². The van der Waals surface area contributed by atoms with Crippen LogP contribution in [0.2, 0.25) is 18.1 Å². The molecule has 0 fully saturated rings. The molecule has 0 unspecified atom stereocenters. The molecular weight excluding hydrogens is 420 g/mol. The molecule has 0 aliphatic heterocycles. The fourth-order valence-corrected chi connectivity index (χ4v) is 8.71. The number of ether oxygens (including phenoxy) is 2. The molecule has 0 saturated heterocycles. The highest BCUT2D eigenvalue weighted by Crippen LogP contribution is 2.37. The second-order valence-electron chi connectivity index (χ2n) is 8.72. The van der Waals surface area contributed by atoms with E-state index in [1.165, 1.54) is 51.2 Å². The minimum Gasteiger partial charge on any atom is -0.497 e. The summed E-state index contributed by atoms with van der Waals surface area (Å²) < 4.78 is 10.8. The molecule has 0 saturated carbocycles. The van der Waals surface area contributed by atoms with Gasteiger partial charge >= 0.3 is 0 Å². The zero-order valence-electron chi connectivity index (χ0n) is 20.4. The first-order chi connectivity index (χ1) is 16.1. The predicted octanol–water partition coefficient (Wildman–Crippen LogP) is 7.91. The summed E-state index contributed by atoms with van der Waals surface area (Å²) in [5, 5.41) is 4.19. The fraction of sp³-hybridized carbons (Fsp3) is 0.267. The van der Waals surface area contributed by atoms with E-state index in [9.17, 15) is 0 Å². The summed E-state index contributed by atoms with van der Waals surface area (Å²) in [6, 6.07) is 32.4. The van der Waals surface area contributed by atoms with Gasteiger partial charge in [-0.15, -0.1) is 0 Å². The van der Waals surface area contributed by atoms with Crippen molar-refractivity contribution in [3.63, 3.8) is 0 Å². The molecule has 0 radical (unpaired) electrons. The zero-order chi connectivity index (χ0) is 23.4. The highest BCUT2D eigenvalue weighted by Gasteiger charge is 2.30. The van der Waals surface area contributed by atoms with E-state index in [2.05, 4.69) is 87.5 Å². The summed E-state index contributed by atoms with van der Waals surface area (Å²) in [5.41, 5.74) is 5.04. The number of hydrogen-bond donors (Lipinski definition) is 0. The van der Waals surface area contributed by atoms with Gasteiger partial charge < -0.3 is 9.47 Å². The monoisotopic (exact) mass is 454 g/mol. The van der Waals surface area contributed by atoms with E-state index in [1.54, 1.807) is 19.4 Å². The first-order valence-electron chi connectivity index (χ1n) is 11.9. The molecule has 0 amide bonds. The summed E-state index contributed by atoms with van der Waals surface area (Å²) in [7, 11) is 1.86. The minimum absolute atomic E-state index is 0.882. The normalized spacial score (nSPS) is 11.5. The summed E-state index contributed by atoms with van der Waals surface area (Å²) in [4.78, 5) is 0. The van der Waals surface area contributed by atoms with Gasteiger partial charge in [-0.05, 0) is 57.3 Å². The van der Waals surface area contributed by atoms with E-state index in [0.717, 1.165) is 11.5 Å². The standard InChI is InChI=1S/C30H34O2Si/c1-6-33(7-2,8-3)26-20-29(23-14-18-25(32-5)19-15-23)28-11-9-10-27(30(28)21-26)22-12-16-24(31-4)17-13-22/h9-21H,6-8H2,1-5H3. The molecule has 33 heavy (non-hydrogen) atoms. The van der Waals surface area contributed by atoms with Crippen LogP contribution in [0.4, 0.5) is 0 Å². The van der Waals surface area contributed by atoms with Crippen molar-refractivity contribution in [1.29, 1.82) is 0 Å². The molecule has 3 heteroatoms. The summed E-state index contributed by atoms with van der Waals surface area (Å²) >= 11 is 0. The quantitative estimate of drug-likeness (QED) is 0.252. The van der Waals surface area contributed by atoms with Gasteiger partial charge in [0.25, 0.3) is 0 Å². The molecular formula is C30H34O2Si. The molecule has 0 spiro atoms. The van der Waals surface area contributed by atoms with Gasteiger partial charge in [0.15, 0.2) is 0 Å². The first-order valence-corrected chi connectivity index (χ1v) is 14.6. The van der Waals surface area contributed by atoms with Crippen LogP contribution in [0, 0.1) is 0 Å². The third-order valence-electron chi connectivity index (χ3n) is 7.44. The van der Waals surface area contributed by atoms with Crippen molar-refractivity contribution in [3.8, 4) is 33.8 Å². The lowest BCUT2D eigenvalue weighted by Gasteiger charge is -2.30. The molecule has 0 aliphatic rings. The van der Waals surface area contributed by atoms with Gasteiger partial charge in [0, 0.05) is 0 Å². The van der Waals surface area contributed by atoms with Crippen LogP contribution >= 0.6 is 0 Å². The van der Waals surface area contributed by atoms with Gasteiger partial charge in [-0.25, -0.2) is 0 Å². The van der Waals surface area contributed by atoms with Crippen LogP contribution in [0.25, 0.3) is 33.0 Å². The van der Waals surface area contributed by atoms with Crippen molar-refractivity contribution in [2.45, 2.75) is 38.9 Å². The van der Waals surface area contributed by atoms with Crippen molar-refractivity contribution in [3.05, 3.63) is 78.9 Å². The Morgan fingerprint density at radius 1 is 0.576 bits per heavy atom. The number of methoxy groups -OCH3 is 2. The Morgan fingerprint density at radius 3 is 1.58 bits per heavy atom. The van der Waals surface area contributed by atoms with Crippen LogP contribution in [0.1, 0.15) is 20.8 Å². The molecule has 0 heterocycles. The second kappa shape index (κ2) is 9.84. The van der Waals surface area contributed by atoms with Gasteiger partial charge in [-0.2, -0.15) is 0 Å². The van der Waals surface area contributed by atoms with Crippen LogP contribution in [0.15, 0.2) is 78.9 Å². The zero-order valence-corrected chi connectivity index (χ0v) is 21.4. The van der Waals surface area contributed by atoms with Gasteiger partial charge in [0.1, 0.15) is 11.5 Å². The first kappa shape index (κ1) is 23.1. The van der Waals surface area contributed by atoms with Gasteiger partial charge in [0.2, 0.25) is 0 Å². The van der Waals surface area contributed by atoms with Crippen LogP contribution in [-0.2, 0) is 0 Å². The van der Waals surface area contributed by atoms with Crippen LogP contribution < -0.4 is 14.7 Å². The van der Waals surface area contributed by atoms with E-state index in [0.29, 0.717) is 0 Å². The van der Waals surface area contributed by atoms with Crippen molar-refractivity contribution >= 4 is 24.0 Å². The third kappa shape index (κ3) is 4.30. The maximum absolute atomic E-state index is 5.42. The molecule has 4 aromatic rings. The van der Waals surface area contributed by atoms with Crippen molar-refractivity contribution in [2.24, 2.45) is 0 Å². The van der Waals surface area contributed by atoms with Crippen molar-refractivity contribution in [2.75, 3.05) is 14.2 Å². The molecule has 0 N–H and O–H groups in total. The van der Waals surface area contributed by atoms with E-state index < -0.39 is 8.07 Å². The Morgan fingerprint density at radius 2 is 1.09 bits per heavy atom.